The summed E-state index contributed by atoms with van der Waals surface area (Å²) in [7, 11) is 0. The molecule has 426 valence electrons. The smallest absolute Gasteiger partial charge is 0.159 e. The van der Waals surface area contributed by atoms with Crippen LogP contribution in [0, 0.1) is 0 Å². The van der Waals surface area contributed by atoms with Gasteiger partial charge in [-0.1, -0.05) is 224 Å². The van der Waals surface area contributed by atoms with Crippen LogP contribution in [0.5, 0.6) is 11.5 Å². The molecular formula is C85H53N3O3. The third-order valence-electron chi connectivity index (χ3n) is 19.0. The topological polar surface area (TPSA) is 45.2 Å². The van der Waals surface area contributed by atoms with Gasteiger partial charge in [0.25, 0.3) is 0 Å². The number of hydrogen-bond donors (Lipinski definition) is 0. The van der Waals surface area contributed by atoms with Crippen LogP contribution >= 0.6 is 0 Å². The van der Waals surface area contributed by atoms with E-state index in [9.17, 15) is 0 Å². The first kappa shape index (κ1) is 51.0. The molecule has 1 aliphatic carbocycles. The summed E-state index contributed by atoms with van der Waals surface area (Å²) in [6.45, 7) is 0. The van der Waals surface area contributed by atoms with Crippen LogP contribution in [-0.4, -0.2) is 0 Å². The minimum absolute atomic E-state index is 0.733. The summed E-state index contributed by atoms with van der Waals surface area (Å²) in [4.78, 5) is 7.22. The van der Waals surface area contributed by atoms with E-state index in [0.717, 1.165) is 140 Å². The van der Waals surface area contributed by atoms with Crippen molar-refractivity contribution in [2.24, 2.45) is 0 Å². The minimum Gasteiger partial charge on any atom is -0.454 e. The van der Waals surface area contributed by atoms with Crippen LogP contribution in [-0.2, 0) is 5.41 Å². The molecule has 2 aromatic heterocycles. The van der Waals surface area contributed by atoms with Crippen LogP contribution in [0.1, 0.15) is 22.3 Å². The van der Waals surface area contributed by atoms with Gasteiger partial charge < -0.3 is 28.3 Å². The molecule has 6 nitrogen and oxygen atoms in total. The molecule has 0 saturated heterocycles. The third-order valence-corrected chi connectivity index (χ3v) is 19.0. The van der Waals surface area contributed by atoms with Crippen LogP contribution < -0.4 is 19.4 Å². The van der Waals surface area contributed by atoms with Crippen LogP contribution in [0.25, 0.3) is 88.4 Å². The van der Waals surface area contributed by atoms with E-state index < -0.39 is 5.41 Å². The Labute approximate surface area is 525 Å². The van der Waals surface area contributed by atoms with Gasteiger partial charge in [-0.05, 0) is 164 Å². The molecule has 0 radical (unpaired) electrons. The molecule has 3 aliphatic rings. The third kappa shape index (κ3) is 7.66. The number of para-hydroxylation sites is 7. The Hall–Kier alpha value is -12.1. The summed E-state index contributed by atoms with van der Waals surface area (Å²) in [6.07, 6.45) is 0. The average molecular weight is 1160 g/mol. The molecule has 0 atom stereocenters. The Morgan fingerprint density at radius 1 is 0.275 bits per heavy atom. The highest BCUT2D eigenvalue weighted by Crippen LogP contribution is 2.67. The Kier molecular flexibility index (Phi) is 11.2. The molecule has 0 fully saturated rings. The monoisotopic (exact) mass is 1160 g/mol. The van der Waals surface area contributed by atoms with E-state index in [4.69, 9.17) is 13.6 Å². The highest BCUT2D eigenvalue weighted by molar-refractivity contribution is 6.12. The van der Waals surface area contributed by atoms with Gasteiger partial charge in [-0.25, -0.2) is 0 Å². The summed E-state index contributed by atoms with van der Waals surface area (Å²) in [5, 5.41) is 4.20. The summed E-state index contributed by atoms with van der Waals surface area (Å²) < 4.78 is 21.0. The van der Waals surface area contributed by atoms with Crippen molar-refractivity contribution in [3.8, 4) is 56.0 Å². The van der Waals surface area contributed by atoms with Gasteiger partial charge in [-0.15, -0.1) is 0 Å². The molecule has 0 unspecified atom stereocenters. The molecule has 1 spiro atoms. The van der Waals surface area contributed by atoms with Crippen LogP contribution in [0.15, 0.2) is 330 Å². The van der Waals surface area contributed by atoms with Crippen molar-refractivity contribution in [2.45, 2.75) is 5.41 Å². The van der Waals surface area contributed by atoms with Gasteiger partial charge in [0.15, 0.2) is 22.7 Å². The lowest BCUT2D eigenvalue weighted by atomic mass is 9.64. The van der Waals surface area contributed by atoms with E-state index in [1.807, 2.05) is 12.1 Å². The standard InChI is InChI=1S/C85H53N3O3/c1-3-20-54(21-4-1)56-40-45-60(46-41-56)86(76-34-17-28-68-66-26-9-14-36-78(66)90-83(68)76)62-50-59(51-63(53-62)87(61-47-42-57(43-48-61)55-22-5-2-6-23-55)77-35-18-29-69-67-27-10-15-37-79(67)91-84(69)77)58-44-49-74-73(52-58)85(70-30-11-7-24-64(70)65-25-8-12-31-71(65)85)72-32-19-39-81-82(72)88(74)75-33-13-16-38-80(75)89-81/h1-53H. The number of rotatable bonds is 9. The van der Waals surface area contributed by atoms with Crippen LogP contribution in [0.3, 0.4) is 0 Å². The second kappa shape index (κ2) is 20.0. The summed E-state index contributed by atoms with van der Waals surface area (Å²) in [5.74, 6) is 1.65. The number of benzene rings is 14. The Balaban J connectivity index is 0.914. The fourth-order valence-corrected chi connectivity index (χ4v) is 15.1. The minimum atomic E-state index is -0.733. The molecule has 19 rings (SSSR count). The maximum Gasteiger partial charge on any atom is 0.159 e. The zero-order chi connectivity index (χ0) is 59.7. The molecule has 0 amide bonds. The fourth-order valence-electron chi connectivity index (χ4n) is 15.1. The fraction of sp³-hybridized carbons (Fsp3) is 0.0118. The summed E-state index contributed by atoms with van der Waals surface area (Å²) >= 11 is 0. The van der Waals surface area contributed by atoms with E-state index in [1.54, 1.807) is 0 Å². The van der Waals surface area contributed by atoms with Gasteiger partial charge in [-0.3, -0.25) is 0 Å². The van der Waals surface area contributed by atoms with Gasteiger partial charge in [-0.2, -0.15) is 0 Å². The molecular weight excluding hydrogens is 1110 g/mol. The van der Waals surface area contributed by atoms with Crippen molar-refractivity contribution in [1.29, 1.82) is 0 Å². The number of nitrogens with zero attached hydrogens (tertiary/aromatic N) is 3. The number of ether oxygens (including phenoxy) is 1. The zero-order valence-corrected chi connectivity index (χ0v) is 49.2. The van der Waals surface area contributed by atoms with Gasteiger partial charge in [0.2, 0.25) is 0 Å². The average Bonchev–Trinajstić information content (AvgIpc) is 1.66. The lowest BCUT2D eigenvalue weighted by Crippen LogP contribution is -2.37. The highest BCUT2D eigenvalue weighted by Gasteiger charge is 2.53. The maximum absolute atomic E-state index is 7.04. The first-order valence-electron chi connectivity index (χ1n) is 31.0. The van der Waals surface area contributed by atoms with Crippen molar-refractivity contribution < 1.29 is 13.6 Å². The predicted octanol–water partition coefficient (Wildman–Crippen LogP) is 23.7. The van der Waals surface area contributed by atoms with E-state index in [-0.39, 0.29) is 0 Å². The molecule has 0 saturated carbocycles. The molecule has 14 aromatic carbocycles. The second-order valence-corrected chi connectivity index (χ2v) is 23.9. The zero-order valence-electron chi connectivity index (χ0n) is 49.2. The van der Waals surface area contributed by atoms with Crippen molar-refractivity contribution in [1.82, 2.24) is 0 Å². The summed E-state index contributed by atoms with van der Waals surface area (Å²) in [6, 6.07) is 116. The van der Waals surface area contributed by atoms with Crippen LogP contribution in [0.4, 0.5) is 51.2 Å². The van der Waals surface area contributed by atoms with Crippen molar-refractivity contribution in [3.05, 3.63) is 344 Å². The molecule has 16 aromatic rings. The Morgan fingerprint density at radius 3 is 1.31 bits per heavy atom. The normalized spacial score (nSPS) is 13.0. The van der Waals surface area contributed by atoms with Gasteiger partial charge in [0.05, 0.1) is 33.9 Å². The Bertz CT molecular complexity index is 5330. The second-order valence-electron chi connectivity index (χ2n) is 23.9. The van der Waals surface area contributed by atoms with Gasteiger partial charge in [0, 0.05) is 44.3 Å². The van der Waals surface area contributed by atoms with E-state index in [1.165, 1.54) is 33.4 Å². The number of hydrogen-bond acceptors (Lipinski definition) is 6. The molecule has 0 bridgehead atoms. The Morgan fingerprint density at radius 2 is 0.725 bits per heavy atom. The van der Waals surface area contributed by atoms with Gasteiger partial charge >= 0.3 is 0 Å². The molecule has 4 heterocycles. The van der Waals surface area contributed by atoms with Crippen molar-refractivity contribution >= 4 is 95.1 Å². The molecule has 91 heavy (non-hydrogen) atoms. The first-order chi connectivity index (χ1) is 45.1. The lowest BCUT2D eigenvalue weighted by molar-refractivity contribution is 0.473. The van der Waals surface area contributed by atoms with Gasteiger partial charge in [0.1, 0.15) is 11.2 Å². The molecule has 6 heteroatoms. The number of fused-ring (bicyclic) bond motifs is 17. The van der Waals surface area contributed by atoms with E-state index in [2.05, 4.69) is 324 Å². The van der Waals surface area contributed by atoms with Crippen LogP contribution in [0.2, 0.25) is 0 Å². The molecule has 2 aliphatic heterocycles. The lowest BCUT2D eigenvalue weighted by Gasteiger charge is -2.47. The highest BCUT2D eigenvalue weighted by atomic mass is 16.5. The molecule has 0 N–H and O–H groups in total. The number of anilines is 9. The van der Waals surface area contributed by atoms with Crippen molar-refractivity contribution in [3.63, 3.8) is 0 Å². The quantitative estimate of drug-likeness (QED) is 0.144. The summed E-state index contributed by atoms with van der Waals surface area (Å²) in [5.41, 5.74) is 25.2. The maximum atomic E-state index is 7.04. The first-order valence-corrected chi connectivity index (χ1v) is 31.0. The van der Waals surface area contributed by atoms with Crippen molar-refractivity contribution in [2.75, 3.05) is 14.7 Å². The number of furan rings is 2. The van der Waals surface area contributed by atoms with E-state index >= 15 is 0 Å². The predicted molar refractivity (Wildman–Crippen MR) is 372 cm³/mol. The van der Waals surface area contributed by atoms with E-state index in [0.29, 0.717) is 0 Å². The SMILES string of the molecule is c1ccc(-c2ccc(N(c3cc(-c4ccc5c(c4)C4(c6ccccc6-c6ccccc64)c4cccc6c4N5c4ccccc4O6)cc(N(c4ccc(-c5ccccc5)cc4)c4cccc5c4oc4ccccc45)c3)c3cccc4c3oc3ccccc34)cc2)cc1. The largest absolute Gasteiger partial charge is 0.454 e.